The van der Waals surface area contributed by atoms with E-state index in [-0.39, 0.29) is 31.5 Å². The van der Waals surface area contributed by atoms with Gasteiger partial charge in [-0.1, -0.05) is 25.1 Å². The minimum Gasteiger partial charge on any atom is -0.390 e. The van der Waals surface area contributed by atoms with Crippen LogP contribution in [0.15, 0.2) is 36.4 Å². The van der Waals surface area contributed by atoms with Crippen LogP contribution in [0.25, 0.3) is 0 Å². The summed E-state index contributed by atoms with van der Waals surface area (Å²) in [6, 6.07) is 9.21. The summed E-state index contributed by atoms with van der Waals surface area (Å²) in [4.78, 5) is 12.3. The number of aliphatic hydroxyl groups is 1. The molecule has 0 aliphatic heterocycles. The van der Waals surface area contributed by atoms with Gasteiger partial charge in [-0.3, -0.25) is 4.79 Å². The summed E-state index contributed by atoms with van der Waals surface area (Å²) in [5.41, 5.74) is 4.22. The van der Waals surface area contributed by atoms with Crippen molar-refractivity contribution in [3.05, 3.63) is 70.3 Å². The average molecular weight is 461 g/mol. The van der Waals surface area contributed by atoms with Crippen LogP contribution < -0.4 is 10.6 Å². The molecule has 2 aromatic carbocycles. The van der Waals surface area contributed by atoms with E-state index in [2.05, 4.69) is 35.8 Å². The summed E-state index contributed by atoms with van der Waals surface area (Å²) in [6.07, 6.45) is 3.16. The van der Waals surface area contributed by atoms with Crippen LogP contribution in [0.5, 0.6) is 0 Å². The smallest absolute Gasteiger partial charge is 0.246 e. The molecule has 3 unspecified atom stereocenters. The maximum Gasteiger partial charge on any atom is 0.246 e. The molecule has 0 aromatic heterocycles. The summed E-state index contributed by atoms with van der Waals surface area (Å²) in [6.45, 7) is 4.39. The fourth-order valence-corrected chi connectivity index (χ4v) is 4.39. The van der Waals surface area contributed by atoms with Crippen molar-refractivity contribution >= 4 is 5.91 Å². The highest BCUT2D eigenvalue weighted by Crippen LogP contribution is 2.30. The number of hydrogen-bond donors (Lipinski definition) is 3. The quantitative estimate of drug-likeness (QED) is 0.479. The zero-order chi connectivity index (χ0) is 23.8. The lowest BCUT2D eigenvalue weighted by Gasteiger charge is -2.30. The number of carbonyl (C=O) groups excluding carboxylic acids is 1. The van der Waals surface area contributed by atoms with Crippen molar-refractivity contribution in [1.29, 1.82) is 0 Å². The van der Waals surface area contributed by atoms with Crippen LogP contribution in [0.3, 0.4) is 0 Å². The number of fused-ring (bicyclic) bond motifs is 1. The Balaban J connectivity index is 1.70. The summed E-state index contributed by atoms with van der Waals surface area (Å²) >= 11 is 0. The van der Waals surface area contributed by atoms with Crippen LogP contribution in [-0.2, 0) is 28.8 Å². The Morgan fingerprint density at radius 3 is 2.61 bits per heavy atom. The van der Waals surface area contributed by atoms with Gasteiger partial charge in [-0.25, -0.2) is 8.78 Å². The molecule has 180 valence electrons. The van der Waals surface area contributed by atoms with Crippen LogP contribution in [0.1, 0.15) is 55.0 Å². The van der Waals surface area contributed by atoms with Gasteiger partial charge >= 0.3 is 0 Å². The van der Waals surface area contributed by atoms with E-state index in [1.165, 1.54) is 28.8 Å². The van der Waals surface area contributed by atoms with Crippen molar-refractivity contribution in [3.63, 3.8) is 0 Å². The van der Waals surface area contributed by atoms with E-state index < -0.39 is 23.8 Å². The Morgan fingerprint density at radius 1 is 1.15 bits per heavy atom. The van der Waals surface area contributed by atoms with Gasteiger partial charge in [0.05, 0.1) is 12.1 Å². The lowest BCUT2D eigenvalue weighted by atomic mass is 9.86. The number of amides is 1. The third-order valence-corrected chi connectivity index (χ3v) is 6.13. The lowest BCUT2D eigenvalue weighted by molar-refractivity contribution is -0.127. The maximum absolute atomic E-state index is 13.7. The number of benzene rings is 2. The van der Waals surface area contributed by atoms with E-state index >= 15 is 0 Å². The Morgan fingerprint density at radius 2 is 1.91 bits per heavy atom. The second kappa shape index (κ2) is 12.2. The van der Waals surface area contributed by atoms with Gasteiger partial charge in [0.25, 0.3) is 0 Å². The maximum atomic E-state index is 13.7. The second-order valence-electron chi connectivity index (χ2n) is 8.60. The number of nitrogens with one attached hydrogen (secondary N) is 2. The number of carbonyl (C=O) groups is 1. The second-order valence-corrected chi connectivity index (χ2v) is 8.60. The Bertz CT molecular complexity index is 917. The van der Waals surface area contributed by atoms with Gasteiger partial charge in [-0.15, -0.1) is 0 Å². The molecular weight excluding hydrogens is 426 g/mol. The largest absolute Gasteiger partial charge is 0.390 e. The number of aryl methyl sites for hydroxylation is 2. The third kappa shape index (κ3) is 7.32. The van der Waals surface area contributed by atoms with Crippen LogP contribution in [-0.4, -0.2) is 42.9 Å². The van der Waals surface area contributed by atoms with E-state index in [1.807, 2.05) is 0 Å². The van der Waals surface area contributed by atoms with Crippen molar-refractivity contribution in [2.24, 2.45) is 0 Å². The Hall–Kier alpha value is -2.35. The molecule has 3 atom stereocenters. The SMILES string of the molecule is CCOCC(=O)NC(Cc1cc(F)cc(F)c1)C(O)CNC1CCCc2ccc(CC)cc21. The molecule has 1 aliphatic rings. The van der Waals surface area contributed by atoms with E-state index in [9.17, 15) is 18.7 Å². The van der Waals surface area contributed by atoms with Crippen molar-refractivity contribution in [1.82, 2.24) is 10.6 Å². The molecule has 7 heteroatoms. The molecule has 0 saturated heterocycles. The van der Waals surface area contributed by atoms with Gasteiger partial charge in [0.15, 0.2) is 0 Å². The first-order valence-electron chi connectivity index (χ1n) is 11.7. The molecule has 1 amide bonds. The van der Waals surface area contributed by atoms with E-state index in [0.717, 1.165) is 31.7 Å². The van der Waals surface area contributed by atoms with Gasteiger partial charge in [0, 0.05) is 25.3 Å². The van der Waals surface area contributed by atoms with Gasteiger partial charge in [0.2, 0.25) is 5.91 Å². The molecule has 0 heterocycles. The first-order valence-corrected chi connectivity index (χ1v) is 11.7. The predicted octanol–water partition coefficient (Wildman–Crippen LogP) is 3.62. The molecule has 33 heavy (non-hydrogen) atoms. The number of rotatable bonds is 11. The van der Waals surface area contributed by atoms with Crippen LogP contribution in [0.2, 0.25) is 0 Å². The standard InChI is InChI=1S/C26H34F2N2O3/c1-3-17-8-9-19-6-5-7-23(22(19)12-17)29-15-25(31)24(30-26(32)16-33-4-2)13-18-10-20(27)14-21(28)11-18/h8-12,14,23-25,29,31H,3-7,13,15-16H2,1-2H3,(H,30,32). The van der Waals surface area contributed by atoms with Crippen molar-refractivity contribution in [2.45, 2.75) is 64.1 Å². The molecular formula is C26H34F2N2O3. The third-order valence-electron chi connectivity index (χ3n) is 6.13. The molecule has 0 saturated carbocycles. The molecule has 0 bridgehead atoms. The fourth-order valence-electron chi connectivity index (χ4n) is 4.39. The number of halogens is 2. The monoisotopic (exact) mass is 460 g/mol. The molecule has 0 fully saturated rings. The predicted molar refractivity (Wildman–Crippen MR) is 124 cm³/mol. The van der Waals surface area contributed by atoms with Gasteiger partial charge in [0.1, 0.15) is 18.2 Å². The van der Waals surface area contributed by atoms with Gasteiger partial charge in [-0.2, -0.15) is 0 Å². The zero-order valence-electron chi connectivity index (χ0n) is 19.4. The molecule has 0 radical (unpaired) electrons. The summed E-state index contributed by atoms with van der Waals surface area (Å²) in [5.74, 6) is -1.77. The van der Waals surface area contributed by atoms with E-state index in [1.54, 1.807) is 6.92 Å². The number of aliphatic hydroxyl groups excluding tert-OH is 1. The highest BCUT2D eigenvalue weighted by Gasteiger charge is 2.25. The van der Waals surface area contributed by atoms with E-state index in [0.29, 0.717) is 12.2 Å². The Kier molecular flexibility index (Phi) is 9.35. The minimum absolute atomic E-state index is 0.0939. The average Bonchev–Trinajstić information content (AvgIpc) is 2.79. The number of hydrogen-bond acceptors (Lipinski definition) is 4. The molecule has 5 nitrogen and oxygen atoms in total. The Labute approximate surface area is 194 Å². The molecule has 2 aromatic rings. The van der Waals surface area contributed by atoms with Gasteiger partial charge in [-0.05, 0) is 73.4 Å². The van der Waals surface area contributed by atoms with Crippen molar-refractivity contribution in [3.8, 4) is 0 Å². The topological polar surface area (TPSA) is 70.6 Å². The number of ether oxygens (including phenoxy) is 1. The summed E-state index contributed by atoms with van der Waals surface area (Å²) in [7, 11) is 0. The van der Waals surface area contributed by atoms with Crippen LogP contribution in [0, 0.1) is 11.6 Å². The molecule has 3 N–H and O–H groups in total. The van der Waals surface area contributed by atoms with Crippen molar-refractivity contribution in [2.75, 3.05) is 19.8 Å². The van der Waals surface area contributed by atoms with Crippen LogP contribution in [0.4, 0.5) is 8.78 Å². The molecule has 3 rings (SSSR count). The van der Waals surface area contributed by atoms with Gasteiger partial charge < -0.3 is 20.5 Å². The first-order chi connectivity index (χ1) is 15.9. The normalized spacial score (nSPS) is 17.3. The zero-order valence-corrected chi connectivity index (χ0v) is 19.4. The van der Waals surface area contributed by atoms with E-state index in [4.69, 9.17) is 4.74 Å². The highest BCUT2D eigenvalue weighted by molar-refractivity contribution is 5.77. The van der Waals surface area contributed by atoms with Crippen LogP contribution >= 0.6 is 0 Å². The fraction of sp³-hybridized carbons (Fsp3) is 0.500. The first kappa shape index (κ1) is 25.3. The lowest BCUT2D eigenvalue weighted by Crippen LogP contribution is -2.50. The van der Waals surface area contributed by atoms with Crippen molar-refractivity contribution < 1.29 is 23.4 Å². The summed E-state index contributed by atoms with van der Waals surface area (Å²) < 4.78 is 32.5. The highest BCUT2D eigenvalue weighted by atomic mass is 19.1. The molecule has 1 aliphatic carbocycles. The minimum atomic E-state index is -0.957. The summed E-state index contributed by atoms with van der Waals surface area (Å²) in [5, 5.41) is 17.2. The molecule has 0 spiro atoms.